The molecule has 22 heavy (non-hydrogen) atoms. The van der Waals surface area contributed by atoms with E-state index in [1.54, 1.807) is 18.2 Å². The number of anilines is 1. The van der Waals surface area contributed by atoms with E-state index in [1.165, 1.54) is 12.1 Å². The lowest BCUT2D eigenvalue weighted by Crippen LogP contribution is -2.30. The van der Waals surface area contributed by atoms with E-state index in [2.05, 4.69) is 21.2 Å². The second-order valence-electron chi connectivity index (χ2n) is 4.75. The minimum absolute atomic E-state index is 0.360. The Hall–Kier alpha value is -2.02. The fraction of sp³-hybridized carbons (Fsp3) is 0.133. The lowest BCUT2D eigenvalue weighted by molar-refractivity contribution is -0.137. The normalized spacial score (nSPS) is 17.5. The highest BCUT2D eigenvalue weighted by atomic mass is 79.9. The summed E-state index contributed by atoms with van der Waals surface area (Å²) in [7, 11) is 0. The molecule has 0 aliphatic carbocycles. The van der Waals surface area contributed by atoms with E-state index < -0.39 is 23.8 Å². The molecule has 0 saturated heterocycles. The molecular formula is C15H9BrF3NO2. The van der Waals surface area contributed by atoms with Gasteiger partial charge in [0, 0.05) is 10.0 Å². The highest BCUT2D eigenvalue weighted by molar-refractivity contribution is 9.10. The van der Waals surface area contributed by atoms with E-state index in [-0.39, 0.29) is 0 Å². The number of benzene rings is 2. The molecular weight excluding hydrogens is 363 g/mol. The fourth-order valence-corrected chi connectivity index (χ4v) is 2.51. The molecule has 0 spiro atoms. The van der Waals surface area contributed by atoms with Crippen molar-refractivity contribution in [3.05, 3.63) is 58.1 Å². The van der Waals surface area contributed by atoms with Crippen molar-refractivity contribution in [1.82, 2.24) is 0 Å². The summed E-state index contributed by atoms with van der Waals surface area (Å²) in [6, 6.07) is 9.48. The van der Waals surface area contributed by atoms with Crippen molar-refractivity contribution < 1.29 is 22.7 Å². The minimum Gasteiger partial charge on any atom is -0.474 e. The lowest BCUT2D eigenvalue weighted by atomic mass is 10.0. The van der Waals surface area contributed by atoms with E-state index in [0.29, 0.717) is 17.0 Å². The average Bonchev–Trinajstić information content (AvgIpc) is 2.45. The molecule has 2 aromatic carbocycles. The SMILES string of the molecule is O=C1Nc2cc(Br)ccc2OC1c1ccc(C(F)(F)F)cc1. The Balaban J connectivity index is 1.89. The van der Waals surface area contributed by atoms with E-state index in [9.17, 15) is 18.0 Å². The van der Waals surface area contributed by atoms with Gasteiger partial charge in [-0.1, -0.05) is 28.1 Å². The van der Waals surface area contributed by atoms with E-state index in [4.69, 9.17) is 4.74 Å². The van der Waals surface area contributed by atoms with Crippen molar-refractivity contribution in [2.45, 2.75) is 12.3 Å². The first-order chi connectivity index (χ1) is 10.3. The number of hydrogen-bond donors (Lipinski definition) is 1. The molecule has 1 amide bonds. The van der Waals surface area contributed by atoms with Gasteiger partial charge in [-0.25, -0.2) is 0 Å². The van der Waals surface area contributed by atoms with Gasteiger partial charge >= 0.3 is 6.18 Å². The Kier molecular flexibility index (Phi) is 3.60. The monoisotopic (exact) mass is 371 g/mol. The Labute approximate surface area is 132 Å². The summed E-state index contributed by atoms with van der Waals surface area (Å²) in [5, 5.41) is 2.68. The number of fused-ring (bicyclic) bond motifs is 1. The van der Waals surface area contributed by atoms with Gasteiger partial charge in [0.2, 0.25) is 6.10 Å². The Morgan fingerprint density at radius 2 is 1.77 bits per heavy atom. The Bertz CT molecular complexity index is 729. The van der Waals surface area contributed by atoms with Crippen molar-refractivity contribution in [1.29, 1.82) is 0 Å². The molecule has 0 bridgehead atoms. The molecule has 1 unspecified atom stereocenters. The van der Waals surface area contributed by atoms with Gasteiger partial charge in [-0.2, -0.15) is 13.2 Å². The van der Waals surface area contributed by atoms with E-state index >= 15 is 0 Å². The molecule has 0 fully saturated rings. The number of ether oxygens (including phenoxy) is 1. The summed E-state index contributed by atoms with van der Waals surface area (Å²) in [6.07, 6.45) is -5.39. The third-order valence-corrected chi connectivity index (χ3v) is 3.72. The molecule has 0 radical (unpaired) electrons. The van der Waals surface area contributed by atoms with Gasteiger partial charge in [-0.3, -0.25) is 4.79 Å². The minimum atomic E-state index is -4.41. The van der Waals surface area contributed by atoms with Crippen LogP contribution in [0.1, 0.15) is 17.2 Å². The maximum atomic E-state index is 12.6. The van der Waals surface area contributed by atoms with Crippen LogP contribution in [0.25, 0.3) is 0 Å². The zero-order valence-electron chi connectivity index (χ0n) is 10.9. The number of hydrogen-bond acceptors (Lipinski definition) is 2. The molecule has 1 aliphatic heterocycles. The molecule has 114 valence electrons. The molecule has 3 rings (SSSR count). The molecule has 0 saturated carbocycles. The number of rotatable bonds is 1. The summed E-state index contributed by atoms with van der Waals surface area (Å²) in [5.41, 5.74) is 0.110. The number of carbonyl (C=O) groups excluding carboxylic acids is 1. The summed E-state index contributed by atoms with van der Waals surface area (Å²) in [6.45, 7) is 0. The molecule has 3 nitrogen and oxygen atoms in total. The number of amides is 1. The Morgan fingerprint density at radius 1 is 1.09 bits per heavy atom. The zero-order valence-corrected chi connectivity index (χ0v) is 12.5. The highest BCUT2D eigenvalue weighted by Crippen LogP contribution is 2.37. The van der Waals surface area contributed by atoms with Gasteiger partial charge in [-0.05, 0) is 30.3 Å². The van der Waals surface area contributed by atoms with Crippen LogP contribution in [0.2, 0.25) is 0 Å². The van der Waals surface area contributed by atoms with E-state index in [0.717, 1.165) is 16.6 Å². The number of alkyl halides is 3. The predicted octanol–water partition coefficient (Wildman–Crippen LogP) is 4.54. The standard InChI is InChI=1S/C15H9BrF3NO2/c16-10-5-6-12-11(7-10)20-14(21)13(22-12)8-1-3-9(4-2-8)15(17,18)19/h1-7,13H,(H,20,21). The van der Waals surface area contributed by atoms with E-state index in [1.807, 2.05) is 0 Å². The molecule has 1 N–H and O–H groups in total. The van der Waals surface area contributed by atoms with Gasteiger partial charge in [-0.15, -0.1) is 0 Å². The Morgan fingerprint density at radius 3 is 2.41 bits per heavy atom. The quantitative estimate of drug-likeness (QED) is 0.798. The van der Waals surface area contributed by atoms with Gasteiger partial charge in [0.25, 0.3) is 5.91 Å². The third kappa shape index (κ3) is 2.81. The van der Waals surface area contributed by atoms with Crippen molar-refractivity contribution in [3.63, 3.8) is 0 Å². The molecule has 1 aliphatic rings. The number of carbonyl (C=O) groups is 1. The second-order valence-corrected chi connectivity index (χ2v) is 5.66. The van der Waals surface area contributed by atoms with Crippen LogP contribution in [0.3, 0.4) is 0 Å². The van der Waals surface area contributed by atoms with Gasteiger partial charge < -0.3 is 10.1 Å². The largest absolute Gasteiger partial charge is 0.474 e. The fourth-order valence-electron chi connectivity index (χ4n) is 2.15. The van der Waals surface area contributed by atoms with Crippen LogP contribution in [0.15, 0.2) is 46.9 Å². The van der Waals surface area contributed by atoms with Crippen LogP contribution in [0.4, 0.5) is 18.9 Å². The highest BCUT2D eigenvalue weighted by Gasteiger charge is 2.32. The maximum absolute atomic E-state index is 12.6. The molecule has 0 aromatic heterocycles. The summed E-state index contributed by atoms with van der Waals surface area (Å²) < 4.78 is 44.1. The number of halogens is 4. The van der Waals surface area contributed by atoms with Crippen molar-refractivity contribution in [2.75, 3.05) is 5.32 Å². The van der Waals surface area contributed by atoms with Gasteiger partial charge in [0.1, 0.15) is 5.75 Å². The average molecular weight is 372 g/mol. The van der Waals surface area contributed by atoms with Crippen LogP contribution in [-0.2, 0) is 11.0 Å². The first-order valence-corrected chi connectivity index (χ1v) is 7.08. The van der Waals surface area contributed by atoms with Gasteiger partial charge in [0.05, 0.1) is 11.3 Å². The van der Waals surface area contributed by atoms with Crippen molar-refractivity contribution in [3.8, 4) is 5.75 Å². The predicted molar refractivity (Wildman–Crippen MR) is 77.6 cm³/mol. The topological polar surface area (TPSA) is 38.3 Å². The summed E-state index contributed by atoms with van der Waals surface area (Å²) >= 11 is 3.28. The first-order valence-electron chi connectivity index (χ1n) is 6.29. The van der Waals surface area contributed by atoms with Crippen molar-refractivity contribution in [2.24, 2.45) is 0 Å². The maximum Gasteiger partial charge on any atom is 0.416 e. The first kappa shape index (κ1) is 14.9. The van der Waals surface area contributed by atoms with Crippen LogP contribution >= 0.6 is 15.9 Å². The summed E-state index contributed by atoms with van der Waals surface area (Å²) in [5.74, 6) is 0.0399. The van der Waals surface area contributed by atoms with Crippen LogP contribution in [0.5, 0.6) is 5.75 Å². The zero-order chi connectivity index (χ0) is 15.9. The third-order valence-electron chi connectivity index (χ3n) is 3.22. The smallest absolute Gasteiger partial charge is 0.416 e. The van der Waals surface area contributed by atoms with Crippen LogP contribution < -0.4 is 10.1 Å². The molecule has 1 heterocycles. The van der Waals surface area contributed by atoms with Gasteiger partial charge in [0.15, 0.2) is 0 Å². The molecule has 2 aromatic rings. The lowest BCUT2D eigenvalue weighted by Gasteiger charge is -2.26. The van der Waals surface area contributed by atoms with Crippen molar-refractivity contribution >= 4 is 27.5 Å². The molecule has 7 heteroatoms. The van der Waals surface area contributed by atoms with Crippen LogP contribution in [0, 0.1) is 0 Å². The molecule has 1 atom stereocenters. The summed E-state index contributed by atoms with van der Waals surface area (Å²) in [4.78, 5) is 12.1. The van der Waals surface area contributed by atoms with Crippen LogP contribution in [-0.4, -0.2) is 5.91 Å². The number of nitrogens with one attached hydrogen (secondary N) is 1. The second kappa shape index (κ2) is 5.31.